The van der Waals surface area contributed by atoms with Crippen molar-refractivity contribution in [1.82, 2.24) is 0 Å². The molecule has 1 radical (unpaired) electrons. The van der Waals surface area contributed by atoms with E-state index in [0.29, 0.717) is 17.1 Å². The summed E-state index contributed by atoms with van der Waals surface area (Å²) in [5, 5.41) is 28.2. The van der Waals surface area contributed by atoms with Crippen molar-refractivity contribution in [2.75, 3.05) is 20.3 Å². The first-order chi connectivity index (χ1) is 14.4. The number of carboxylic acid groups (broad SMARTS) is 1. The summed E-state index contributed by atoms with van der Waals surface area (Å²) in [6.07, 6.45) is -1.03. The van der Waals surface area contributed by atoms with Crippen LogP contribution >= 0.6 is 0 Å². The van der Waals surface area contributed by atoms with Crippen molar-refractivity contribution in [3.8, 4) is 23.3 Å². The zero-order valence-electron chi connectivity index (χ0n) is 16.8. The van der Waals surface area contributed by atoms with Gasteiger partial charge in [0.1, 0.15) is 53.6 Å². The number of carbonyl (C=O) groups is 1. The van der Waals surface area contributed by atoms with E-state index in [4.69, 9.17) is 29.0 Å². The van der Waals surface area contributed by atoms with E-state index in [-0.39, 0.29) is 59.5 Å². The van der Waals surface area contributed by atoms with Crippen LogP contribution < -0.4 is 19.6 Å². The molecule has 1 unspecified atom stereocenters. The van der Waals surface area contributed by atoms with Gasteiger partial charge < -0.3 is 28.8 Å². The van der Waals surface area contributed by atoms with Gasteiger partial charge in [0.15, 0.2) is 5.43 Å². The van der Waals surface area contributed by atoms with Crippen LogP contribution in [0.1, 0.15) is 16.1 Å². The van der Waals surface area contributed by atoms with Crippen LogP contribution in [0.4, 0.5) is 0 Å². The van der Waals surface area contributed by atoms with E-state index in [9.17, 15) is 14.7 Å². The molecule has 10 heteroatoms. The third-order valence-corrected chi connectivity index (χ3v) is 4.09. The molecule has 9 nitrogen and oxygen atoms in total. The van der Waals surface area contributed by atoms with Crippen LogP contribution in [-0.2, 0) is 0 Å². The van der Waals surface area contributed by atoms with Crippen LogP contribution in [0.25, 0.3) is 11.0 Å². The molecule has 31 heavy (non-hydrogen) atoms. The molecule has 1 heterocycles. The molecule has 0 spiro atoms. The molecule has 0 amide bonds. The molecule has 155 valence electrons. The van der Waals surface area contributed by atoms with Crippen LogP contribution in [-0.4, -0.2) is 72.2 Å². The average Bonchev–Trinajstić information content (AvgIpc) is 2.75. The average molecular weight is 434 g/mol. The number of fused-ring (bicyclic) bond motifs is 1. The minimum atomic E-state index is -1.35. The number of nitrogens with zero attached hydrogens (tertiary/aromatic N) is 1. The van der Waals surface area contributed by atoms with E-state index in [0.717, 1.165) is 6.07 Å². The Morgan fingerprint density at radius 2 is 1.90 bits per heavy atom. The Labute approximate surface area is 198 Å². The number of carboxylic acids is 1. The Kier molecular flexibility index (Phi) is 8.47. The zero-order chi connectivity index (χ0) is 21.7. The van der Waals surface area contributed by atoms with Gasteiger partial charge >= 0.3 is 5.97 Å². The molecular formula is C21H17NNaO8. The topological polar surface area (TPSA) is 139 Å². The molecule has 0 saturated carbocycles. The summed E-state index contributed by atoms with van der Waals surface area (Å²) >= 11 is 0. The Balaban J connectivity index is 0.00000341. The first-order valence-electron chi connectivity index (χ1n) is 8.75. The molecule has 0 bridgehead atoms. The third-order valence-electron chi connectivity index (χ3n) is 4.09. The summed E-state index contributed by atoms with van der Waals surface area (Å²) in [6, 6.07) is 12.0. The van der Waals surface area contributed by atoms with E-state index in [1.807, 2.05) is 6.07 Å². The Morgan fingerprint density at radius 1 is 1.16 bits per heavy atom. The van der Waals surface area contributed by atoms with E-state index in [1.165, 1.54) is 37.4 Å². The van der Waals surface area contributed by atoms with Gasteiger partial charge in [-0.3, -0.25) is 4.79 Å². The third kappa shape index (κ3) is 5.77. The van der Waals surface area contributed by atoms with Crippen molar-refractivity contribution in [3.63, 3.8) is 0 Å². The van der Waals surface area contributed by atoms with Crippen molar-refractivity contribution in [2.24, 2.45) is 0 Å². The summed E-state index contributed by atoms with van der Waals surface area (Å²) in [4.78, 5) is 23.3. The fraction of sp³-hybridized carbons (Fsp3) is 0.190. The number of aliphatic hydroxyl groups excluding tert-OH is 1. The van der Waals surface area contributed by atoms with E-state index < -0.39 is 23.3 Å². The Bertz CT molecular complexity index is 1180. The van der Waals surface area contributed by atoms with Crippen LogP contribution in [0.2, 0.25) is 0 Å². The predicted octanol–water partition coefficient (Wildman–Crippen LogP) is 1.81. The number of aliphatic hydroxyl groups is 1. The zero-order valence-corrected chi connectivity index (χ0v) is 18.8. The number of ether oxygens (including phenoxy) is 3. The molecule has 2 N–H and O–H groups in total. The molecule has 2 aromatic carbocycles. The van der Waals surface area contributed by atoms with Crippen molar-refractivity contribution < 1.29 is 33.6 Å². The second kappa shape index (κ2) is 10.8. The Morgan fingerprint density at radius 3 is 2.58 bits per heavy atom. The molecule has 1 aromatic heterocycles. The summed E-state index contributed by atoms with van der Waals surface area (Å²) in [7, 11) is 1.43. The SMILES string of the molecule is COc1cc(OCC(O)COc2cccc3oc(C(=O)O)cc(=O)c23)ccc1C#N.[Na]. The van der Waals surface area contributed by atoms with E-state index >= 15 is 0 Å². The standard InChI is InChI=1S/C21H17NO8.Na/c1-27-18-7-14(6-5-12(18)9-22)28-10-13(23)11-29-16-3-2-4-17-20(16)15(24)8-19(30-17)21(25)26;/h2-8,13,23H,10-11H2,1H3,(H,25,26);. The van der Waals surface area contributed by atoms with Gasteiger partial charge in [-0.1, -0.05) is 6.07 Å². The normalized spacial score (nSPS) is 11.1. The van der Waals surface area contributed by atoms with Crippen LogP contribution in [0.15, 0.2) is 51.7 Å². The van der Waals surface area contributed by atoms with Crippen LogP contribution in [0, 0.1) is 11.3 Å². The molecule has 3 aromatic rings. The number of methoxy groups -OCH3 is 1. The summed E-state index contributed by atoms with van der Waals surface area (Å²) in [6.45, 7) is -0.301. The molecule has 0 saturated heterocycles. The molecule has 3 rings (SSSR count). The van der Waals surface area contributed by atoms with Gasteiger partial charge in [0.2, 0.25) is 5.76 Å². The molecule has 0 aliphatic heterocycles. The monoisotopic (exact) mass is 434 g/mol. The number of rotatable bonds is 8. The number of benzene rings is 2. The van der Waals surface area contributed by atoms with Crippen molar-refractivity contribution in [3.05, 3.63) is 64.0 Å². The van der Waals surface area contributed by atoms with E-state index in [1.54, 1.807) is 6.07 Å². The van der Waals surface area contributed by atoms with Crippen molar-refractivity contribution in [1.29, 1.82) is 5.26 Å². The number of hydrogen-bond donors (Lipinski definition) is 2. The van der Waals surface area contributed by atoms with Crippen molar-refractivity contribution >= 4 is 46.5 Å². The fourth-order valence-electron chi connectivity index (χ4n) is 2.68. The smallest absolute Gasteiger partial charge is 0.371 e. The van der Waals surface area contributed by atoms with Gasteiger partial charge in [0, 0.05) is 41.7 Å². The molecule has 0 aliphatic carbocycles. The van der Waals surface area contributed by atoms with Crippen LogP contribution in [0.3, 0.4) is 0 Å². The van der Waals surface area contributed by atoms with Gasteiger partial charge in [-0.2, -0.15) is 5.26 Å². The summed E-state index contributed by atoms with van der Waals surface area (Å²) in [5.74, 6) is -0.929. The number of nitriles is 1. The first-order valence-corrected chi connectivity index (χ1v) is 8.75. The predicted molar refractivity (Wildman–Crippen MR) is 110 cm³/mol. The van der Waals surface area contributed by atoms with E-state index in [2.05, 4.69) is 0 Å². The van der Waals surface area contributed by atoms with Crippen LogP contribution in [0.5, 0.6) is 17.2 Å². The minimum absolute atomic E-state index is 0. The van der Waals surface area contributed by atoms with Gasteiger partial charge in [-0.05, 0) is 24.3 Å². The molecule has 0 aliphatic rings. The largest absolute Gasteiger partial charge is 0.495 e. The van der Waals surface area contributed by atoms with Crippen molar-refractivity contribution in [2.45, 2.75) is 6.10 Å². The van der Waals surface area contributed by atoms with Gasteiger partial charge in [0.25, 0.3) is 0 Å². The maximum absolute atomic E-state index is 12.3. The molecular weight excluding hydrogens is 417 g/mol. The summed E-state index contributed by atoms with van der Waals surface area (Å²) in [5.41, 5.74) is -0.151. The number of aromatic carboxylic acids is 1. The Hall–Kier alpha value is -3.03. The number of hydrogen-bond acceptors (Lipinski definition) is 8. The second-order valence-corrected chi connectivity index (χ2v) is 6.16. The van der Waals surface area contributed by atoms with Gasteiger partial charge in [-0.15, -0.1) is 0 Å². The van der Waals surface area contributed by atoms with Gasteiger partial charge in [0.05, 0.1) is 12.7 Å². The summed E-state index contributed by atoms with van der Waals surface area (Å²) < 4.78 is 21.3. The maximum Gasteiger partial charge on any atom is 0.371 e. The first kappa shape index (κ1) is 24.2. The maximum atomic E-state index is 12.3. The molecule has 0 fully saturated rings. The quantitative estimate of drug-likeness (QED) is 0.508. The van der Waals surface area contributed by atoms with Gasteiger partial charge in [-0.25, -0.2) is 4.79 Å². The second-order valence-electron chi connectivity index (χ2n) is 6.16. The minimum Gasteiger partial charge on any atom is -0.495 e. The molecule has 1 atom stereocenters. The fourth-order valence-corrected chi connectivity index (χ4v) is 2.68.